The maximum absolute atomic E-state index is 4.60. The van der Waals surface area contributed by atoms with Crippen LogP contribution in [0.1, 0.15) is 66.0 Å². The molecule has 54 heavy (non-hydrogen) atoms. The zero-order valence-corrected chi connectivity index (χ0v) is 32.2. The molecular formula is C51H49N3. The number of allylic oxidation sites excluding steroid dienone is 4. The van der Waals surface area contributed by atoms with Gasteiger partial charge in [-0.3, -0.25) is 9.89 Å². The Morgan fingerprint density at radius 1 is 0.833 bits per heavy atom. The topological polar surface area (TPSA) is 20.5 Å². The van der Waals surface area contributed by atoms with Crippen LogP contribution in [0.3, 0.4) is 0 Å². The zero-order valence-electron chi connectivity index (χ0n) is 32.2. The molecule has 1 unspecified atom stereocenters. The Bertz CT molecular complexity index is 2530. The van der Waals surface area contributed by atoms with Gasteiger partial charge in [0, 0.05) is 23.2 Å². The Kier molecular flexibility index (Phi) is 10.2. The summed E-state index contributed by atoms with van der Waals surface area (Å²) >= 11 is 0. The molecule has 0 amide bonds. The van der Waals surface area contributed by atoms with Crippen LogP contribution in [-0.4, -0.2) is 23.2 Å². The van der Waals surface area contributed by atoms with Crippen molar-refractivity contribution < 1.29 is 0 Å². The standard InChI is InChI=1S/C51H49N3/c1-9-11-25-48-35(3)36(4)49(54(48)42-29-26-38(27-30-42)50(52-7)53(8)34-37-19-13-12-14-20-37)43(18-10-2)41-22-17-21-39(32-41)40-28-31-45-44-23-15-16-24-46(44)51(5,6)47(45)33-40/h9-33,50H,2-3,7,34H2,1,4-6,8H3/b11-9-,43-18-,48-25+. The van der Waals surface area contributed by atoms with E-state index < -0.39 is 0 Å². The van der Waals surface area contributed by atoms with E-state index in [0.717, 1.165) is 50.8 Å². The molecule has 7 rings (SSSR count). The first-order valence-corrected chi connectivity index (χ1v) is 18.7. The highest BCUT2D eigenvalue weighted by Crippen LogP contribution is 2.49. The smallest absolute Gasteiger partial charge is 0.127 e. The average molecular weight is 704 g/mol. The first-order chi connectivity index (χ1) is 26.2. The zero-order chi connectivity index (χ0) is 38.0. The van der Waals surface area contributed by atoms with Crippen LogP contribution in [0.5, 0.6) is 0 Å². The second kappa shape index (κ2) is 15.1. The Hall–Kier alpha value is -6.03. The number of hydrogen-bond donors (Lipinski definition) is 0. The fraction of sp³-hybridized carbons (Fsp3) is 0.157. The predicted molar refractivity (Wildman–Crippen MR) is 231 cm³/mol. The van der Waals surface area contributed by atoms with Gasteiger partial charge >= 0.3 is 0 Å². The summed E-state index contributed by atoms with van der Waals surface area (Å²) in [4.78, 5) is 6.76. The van der Waals surface area contributed by atoms with E-state index in [1.165, 1.54) is 38.9 Å². The molecule has 1 atom stereocenters. The van der Waals surface area contributed by atoms with Crippen molar-refractivity contribution in [2.45, 2.75) is 45.8 Å². The van der Waals surface area contributed by atoms with Crippen molar-refractivity contribution in [3.8, 4) is 27.9 Å². The molecule has 3 nitrogen and oxygen atoms in total. The Labute approximate surface area is 321 Å². The monoisotopic (exact) mass is 703 g/mol. The lowest BCUT2D eigenvalue weighted by atomic mass is 9.81. The van der Waals surface area contributed by atoms with Crippen molar-refractivity contribution >= 4 is 24.9 Å². The SMILES string of the molecule is C=C/C=C(/c1cccc(-c2ccc3c(c2)C(C)(C)c2ccccc2-3)c1)c1c(C)c(=C)/c(=C\C=C/C)n1-c1ccc(C(N=C)N(C)Cc2ccccc2)cc1. The van der Waals surface area contributed by atoms with Crippen LogP contribution in [0.4, 0.5) is 0 Å². The molecule has 0 aliphatic heterocycles. The fourth-order valence-corrected chi connectivity index (χ4v) is 8.14. The van der Waals surface area contributed by atoms with Gasteiger partial charge in [0.15, 0.2) is 0 Å². The highest BCUT2D eigenvalue weighted by Gasteiger charge is 2.35. The van der Waals surface area contributed by atoms with Crippen molar-refractivity contribution in [1.29, 1.82) is 0 Å². The molecule has 268 valence electrons. The molecule has 6 aromatic rings. The molecule has 0 saturated heterocycles. The third-order valence-corrected chi connectivity index (χ3v) is 11.0. The summed E-state index contributed by atoms with van der Waals surface area (Å²) in [6.45, 7) is 22.4. The van der Waals surface area contributed by atoms with Gasteiger partial charge in [0.1, 0.15) is 6.17 Å². The molecule has 0 fully saturated rings. The molecule has 3 heteroatoms. The van der Waals surface area contributed by atoms with Crippen molar-refractivity contribution in [2.75, 3.05) is 7.05 Å². The predicted octanol–water partition coefficient (Wildman–Crippen LogP) is 11.0. The number of aliphatic imine (C=N–C) groups is 1. The van der Waals surface area contributed by atoms with Crippen molar-refractivity contribution in [2.24, 2.45) is 4.99 Å². The maximum Gasteiger partial charge on any atom is 0.127 e. The van der Waals surface area contributed by atoms with Gasteiger partial charge in [-0.1, -0.05) is 148 Å². The average Bonchev–Trinajstić information content (AvgIpc) is 3.58. The molecule has 0 radical (unpaired) electrons. The molecule has 0 spiro atoms. The number of rotatable bonds is 11. The van der Waals surface area contributed by atoms with Gasteiger partial charge in [0.05, 0.1) is 11.0 Å². The van der Waals surface area contributed by atoms with E-state index in [-0.39, 0.29) is 11.6 Å². The summed E-state index contributed by atoms with van der Waals surface area (Å²) in [5, 5.41) is 2.03. The lowest BCUT2D eigenvalue weighted by Crippen LogP contribution is -2.28. The van der Waals surface area contributed by atoms with E-state index in [9.17, 15) is 0 Å². The molecule has 0 bridgehead atoms. The molecule has 1 aliphatic rings. The number of hydrogen-bond acceptors (Lipinski definition) is 2. The fourth-order valence-electron chi connectivity index (χ4n) is 8.14. The molecule has 5 aromatic carbocycles. The highest BCUT2D eigenvalue weighted by molar-refractivity contribution is 5.86. The highest BCUT2D eigenvalue weighted by atomic mass is 15.2. The van der Waals surface area contributed by atoms with Gasteiger partial charge in [-0.05, 0) is 119 Å². The molecule has 1 aliphatic carbocycles. The first kappa shape index (κ1) is 36.3. The van der Waals surface area contributed by atoms with Gasteiger partial charge in [-0.25, -0.2) is 0 Å². The molecule has 1 aromatic heterocycles. The molecule has 0 saturated carbocycles. The van der Waals surface area contributed by atoms with Crippen LogP contribution in [0.15, 0.2) is 157 Å². The molecule has 1 heterocycles. The summed E-state index contributed by atoms with van der Waals surface area (Å²) < 4.78 is 2.34. The quantitative estimate of drug-likeness (QED) is 0.0972. The minimum atomic E-state index is -0.180. The van der Waals surface area contributed by atoms with Gasteiger partial charge in [0.2, 0.25) is 0 Å². The van der Waals surface area contributed by atoms with Crippen LogP contribution in [0, 0.1) is 6.92 Å². The van der Waals surface area contributed by atoms with Gasteiger partial charge in [0.25, 0.3) is 0 Å². The van der Waals surface area contributed by atoms with Gasteiger partial charge in [-0.15, -0.1) is 0 Å². The van der Waals surface area contributed by atoms with E-state index >= 15 is 0 Å². The van der Waals surface area contributed by atoms with Crippen LogP contribution in [0.2, 0.25) is 0 Å². The lowest BCUT2D eigenvalue weighted by molar-refractivity contribution is 0.245. The van der Waals surface area contributed by atoms with Crippen molar-refractivity contribution in [1.82, 2.24) is 9.47 Å². The van der Waals surface area contributed by atoms with Crippen LogP contribution < -0.4 is 10.6 Å². The minimum absolute atomic E-state index is 0.0651. The normalized spacial score (nSPS) is 14.3. The number of nitrogens with zero attached hydrogens (tertiary/aromatic N) is 3. The van der Waals surface area contributed by atoms with Crippen molar-refractivity contribution in [3.05, 3.63) is 202 Å². The Morgan fingerprint density at radius 2 is 1.54 bits per heavy atom. The van der Waals surface area contributed by atoms with Crippen LogP contribution in [-0.2, 0) is 12.0 Å². The summed E-state index contributed by atoms with van der Waals surface area (Å²) in [5.41, 5.74) is 15.5. The van der Waals surface area contributed by atoms with E-state index in [1.54, 1.807) is 0 Å². The Balaban J connectivity index is 1.31. The summed E-state index contributed by atoms with van der Waals surface area (Å²) in [6, 6.07) is 43.8. The number of benzene rings is 5. The minimum Gasteiger partial charge on any atom is -0.309 e. The first-order valence-electron chi connectivity index (χ1n) is 18.7. The Morgan fingerprint density at radius 3 is 2.26 bits per heavy atom. The third kappa shape index (κ3) is 6.57. The van der Waals surface area contributed by atoms with E-state index in [2.05, 4.69) is 202 Å². The summed E-state index contributed by atoms with van der Waals surface area (Å²) in [7, 11) is 2.09. The van der Waals surface area contributed by atoms with E-state index in [0.29, 0.717) is 0 Å². The lowest BCUT2D eigenvalue weighted by Gasteiger charge is -2.25. The third-order valence-electron chi connectivity index (χ3n) is 11.0. The van der Waals surface area contributed by atoms with Crippen LogP contribution >= 0.6 is 0 Å². The number of aromatic nitrogens is 1. The van der Waals surface area contributed by atoms with Gasteiger partial charge < -0.3 is 4.57 Å². The van der Waals surface area contributed by atoms with Crippen molar-refractivity contribution in [3.63, 3.8) is 0 Å². The van der Waals surface area contributed by atoms with E-state index in [4.69, 9.17) is 0 Å². The van der Waals surface area contributed by atoms with E-state index in [1.807, 2.05) is 19.1 Å². The second-order valence-electron chi connectivity index (χ2n) is 14.7. The summed E-state index contributed by atoms with van der Waals surface area (Å²) in [6.07, 6.45) is 10.1. The van der Waals surface area contributed by atoms with Gasteiger partial charge in [-0.2, -0.15) is 0 Å². The summed E-state index contributed by atoms with van der Waals surface area (Å²) in [5.74, 6) is 0. The maximum atomic E-state index is 4.60. The molecule has 0 N–H and O–H groups in total. The largest absolute Gasteiger partial charge is 0.309 e. The number of fused-ring (bicyclic) bond motifs is 3. The van der Waals surface area contributed by atoms with Crippen LogP contribution in [0.25, 0.3) is 46.2 Å². The molecular weight excluding hydrogens is 655 g/mol. The second-order valence-corrected chi connectivity index (χ2v) is 14.7.